The molecule has 0 heterocycles. The Morgan fingerprint density at radius 1 is 1.24 bits per heavy atom. The lowest BCUT2D eigenvalue weighted by Crippen LogP contribution is -2.09. The number of rotatable bonds is 6. The number of carbonyl (C=O) groups excluding carboxylic acids is 2. The van der Waals surface area contributed by atoms with Crippen molar-refractivity contribution in [3.8, 4) is 0 Å². The third-order valence-electron chi connectivity index (χ3n) is 2.14. The van der Waals surface area contributed by atoms with Gasteiger partial charge in [0.05, 0.1) is 12.2 Å². The number of aldehydes is 1. The van der Waals surface area contributed by atoms with Crippen LogP contribution in [-0.2, 0) is 14.3 Å². The van der Waals surface area contributed by atoms with E-state index in [0.29, 0.717) is 42.1 Å². The molecular formula is C15H22N2O4. The number of benzene rings is 1. The quantitative estimate of drug-likeness (QED) is 0.272. The summed E-state index contributed by atoms with van der Waals surface area (Å²) in [4.78, 5) is 20.9. The van der Waals surface area contributed by atoms with Crippen LogP contribution in [0.5, 0.6) is 0 Å². The van der Waals surface area contributed by atoms with Gasteiger partial charge < -0.3 is 20.9 Å². The van der Waals surface area contributed by atoms with Gasteiger partial charge in [-0.3, -0.25) is 4.79 Å². The summed E-state index contributed by atoms with van der Waals surface area (Å²) in [5, 5.41) is 0. The number of allylic oxidation sites excluding steroid dienone is 1. The molecule has 1 rings (SSSR count). The van der Waals surface area contributed by atoms with E-state index in [2.05, 4.69) is 6.58 Å². The summed E-state index contributed by atoms with van der Waals surface area (Å²) in [5.41, 5.74) is 13.0. The second-order valence-corrected chi connectivity index (χ2v) is 4.33. The van der Waals surface area contributed by atoms with Crippen molar-refractivity contribution in [2.75, 3.05) is 31.8 Å². The third-order valence-corrected chi connectivity index (χ3v) is 2.14. The second-order valence-electron chi connectivity index (χ2n) is 4.33. The Kier molecular flexibility index (Phi) is 9.28. The van der Waals surface area contributed by atoms with Crippen LogP contribution in [-0.4, -0.2) is 32.6 Å². The Balaban J connectivity index is 0.000000690. The smallest absolute Gasteiger partial charge is 0.338 e. The highest BCUT2D eigenvalue weighted by atomic mass is 16.5. The first-order valence-corrected chi connectivity index (χ1v) is 6.33. The predicted octanol–water partition coefficient (Wildman–Crippen LogP) is 1.81. The van der Waals surface area contributed by atoms with Gasteiger partial charge in [-0.05, 0) is 30.7 Å². The number of hydrogen-bond donors (Lipinski definition) is 2. The predicted molar refractivity (Wildman–Crippen MR) is 82.9 cm³/mol. The van der Waals surface area contributed by atoms with E-state index in [4.69, 9.17) is 20.9 Å². The van der Waals surface area contributed by atoms with Gasteiger partial charge in [-0.1, -0.05) is 6.58 Å². The Labute approximate surface area is 124 Å². The minimum absolute atomic E-state index is 0.321. The van der Waals surface area contributed by atoms with E-state index < -0.39 is 5.97 Å². The van der Waals surface area contributed by atoms with Gasteiger partial charge in [0.1, 0.15) is 6.29 Å². The number of anilines is 2. The molecule has 0 spiro atoms. The van der Waals surface area contributed by atoms with Gasteiger partial charge in [0.25, 0.3) is 0 Å². The summed E-state index contributed by atoms with van der Waals surface area (Å²) < 4.78 is 9.85. The van der Waals surface area contributed by atoms with Gasteiger partial charge in [-0.15, -0.1) is 0 Å². The lowest BCUT2D eigenvalue weighted by molar-refractivity contribution is -0.104. The average Bonchev–Trinajstić information content (AvgIpc) is 2.43. The third kappa shape index (κ3) is 9.23. The van der Waals surface area contributed by atoms with Crippen molar-refractivity contribution < 1.29 is 19.1 Å². The highest BCUT2D eigenvalue weighted by Gasteiger charge is 2.08. The van der Waals surface area contributed by atoms with Crippen LogP contribution >= 0.6 is 0 Å². The van der Waals surface area contributed by atoms with Crippen molar-refractivity contribution in [3.63, 3.8) is 0 Å². The summed E-state index contributed by atoms with van der Waals surface area (Å²) in [7, 11) is 1.60. The van der Waals surface area contributed by atoms with Gasteiger partial charge in [0.15, 0.2) is 0 Å². The zero-order chi connectivity index (χ0) is 16.3. The molecule has 0 radical (unpaired) electrons. The molecule has 0 unspecified atom stereocenters. The Hall–Kier alpha value is -2.34. The molecule has 21 heavy (non-hydrogen) atoms. The Bertz CT molecular complexity index is 466. The largest absolute Gasteiger partial charge is 0.462 e. The molecule has 6 nitrogen and oxygen atoms in total. The van der Waals surface area contributed by atoms with Crippen molar-refractivity contribution in [2.45, 2.75) is 13.3 Å². The molecular weight excluding hydrogens is 272 g/mol. The number of carbonyl (C=O) groups is 2. The molecule has 4 N–H and O–H groups in total. The van der Waals surface area contributed by atoms with Crippen LogP contribution in [0.4, 0.5) is 11.4 Å². The lowest BCUT2D eigenvalue weighted by Gasteiger charge is -2.06. The number of esters is 1. The normalized spacial score (nSPS) is 9.24. The van der Waals surface area contributed by atoms with Gasteiger partial charge in [0.2, 0.25) is 0 Å². The summed E-state index contributed by atoms with van der Waals surface area (Å²) in [6, 6.07) is 4.66. The Morgan fingerprint density at radius 3 is 2.19 bits per heavy atom. The first-order valence-electron chi connectivity index (χ1n) is 6.33. The van der Waals surface area contributed by atoms with Gasteiger partial charge in [0, 0.05) is 31.5 Å². The van der Waals surface area contributed by atoms with Gasteiger partial charge in [-0.25, -0.2) is 4.79 Å². The molecule has 0 aromatic heterocycles. The highest BCUT2D eigenvalue weighted by molar-refractivity contribution is 5.91. The van der Waals surface area contributed by atoms with Crippen molar-refractivity contribution >= 4 is 23.6 Å². The van der Waals surface area contributed by atoms with Gasteiger partial charge in [-0.2, -0.15) is 0 Å². The van der Waals surface area contributed by atoms with E-state index >= 15 is 0 Å². The van der Waals surface area contributed by atoms with Crippen LogP contribution in [0, 0.1) is 0 Å². The van der Waals surface area contributed by atoms with Crippen molar-refractivity contribution in [1.29, 1.82) is 0 Å². The average molecular weight is 294 g/mol. The molecule has 116 valence electrons. The van der Waals surface area contributed by atoms with Gasteiger partial charge >= 0.3 is 5.97 Å². The van der Waals surface area contributed by atoms with Crippen LogP contribution in [0.3, 0.4) is 0 Å². The zero-order valence-electron chi connectivity index (χ0n) is 12.4. The molecule has 0 aliphatic heterocycles. The molecule has 1 aromatic rings. The van der Waals surface area contributed by atoms with E-state index in [9.17, 15) is 9.59 Å². The molecule has 0 amide bonds. The fraction of sp³-hybridized carbons (Fsp3) is 0.333. The van der Waals surface area contributed by atoms with E-state index in [0.717, 1.165) is 6.29 Å². The maximum absolute atomic E-state index is 11.5. The molecule has 0 bridgehead atoms. The van der Waals surface area contributed by atoms with E-state index in [1.165, 1.54) is 12.1 Å². The molecule has 6 heteroatoms. The van der Waals surface area contributed by atoms with Crippen LogP contribution in [0.25, 0.3) is 0 Å². The maximum atomic E-state index is 11.5. The first kappa shape index (κ1) is 18.7. The molecule has 0 aliphatic rings. The van der Waals surface area contributed by atoms with E-state index in [-0.39, 0.29) is 0 Å². The Morgan fingerprint density at radius 2 is 1.76 bits per heavy atom. The highest BCUT2D eigenvalue weighted by Crippen LogP contribution is 2.14. The SMILES string of the molecule is C=C(C)C=O.COCCCOC(=O)c1cc(N)cc(N)c1. The molecule has 0 aliphatic carbocycles. The number of nitrogen functional groups attached to an aromatic ring is 2. The van der Waals surface area contributed by atoms with Crippen LogP contribution in [0.2, 0.25) is 0 Å². The lowest BCUT2D eigenvalue weighted by atomic mass is 10.2. The monoisotopic (exact) mass is 294 g/mol. The van der Waals surface area contributed by atoms with E-state index in [1.54, 1.807) is 20.1 Å². The van der Waals surface area contributed by atoms with Crippen LogP contribution in [0.1, 0.15) is 23.7 Å². The van der Waals surface area contributed by atoms with E-state index in [1.807, 2.05) is 0 Å². The standard InChI is InChI=1S/C11H16N2O3.C4H6O/c1-15-3-2-4-16-11(14)8-5-9(12)7-10(13)6-8;1-4(2)3-5/h5-7H,2-4,12-13H2,1H3;3H,1H2,2H3. The van der Waals surface area contributed by atoms with Crippen molar-refractivity contribution in [1.82, 2.24) is 0 Å². The minimum atomic E-state index is -0.421. The van der Waals surface area contributed by atoms with Crippen LogP contribution in [0.15, 0.2) is 30.4 Å². The molecule has 0 fully saturated rings. The number of nitrogens with two attached hydrogens (primary N) is 2. The number of hydrogen-bond acceptors (Lipinski definition) is 6. The minimum Gasteiger partial charge on any atom is -0.462 e. The fourth-order valence-electron chi connectivity index (χ4n) is 1.25. The molecule has 1 aromatic carbocycles. The number of methoxy groups -OCH3 is 1. The van der Waals surface area contributed by atoms with Crippen molar-refractivity contribution in [2.24, 2.45) is 0 Å². The second kappa shape index (κ2) is 10.4. The first-order chi connectivity index (χ1) is 9.90. The zero-order valence-corrected chi connectivity index (χ0v) is 12.4. The fourth-order valence-corrected chi connectivity index (χ4v) is 1.25. The summed E-state index contributed by atoms with van der Waals surface area (Å²) in [6.45, 7) is 5.85. The number of ether oxygens (including phenoxy) is 2. The topological polar surface area (TPSA) is 105 Å². The molecule has 0 atom stereocenters. The summed E-state index contributed by atoms with van der Waals surface area (Å²) >= 11 is 0. The molecule has 0 saturated heterocycles. The molecule has 0 saturated carbocycles. The summed E-state index contributed by atoms with van der Waals surface area (Å²) in [5.74, 6) is -0.421. The van der Waals surface area contributed by atoms with Crippen LogP contribution < -0.4 is 11.5 Å². The van der Waals surface area contributed by atoms with Crippen molar-refractivity contribution in [3.05, 3.63) is 35.9 Å². The maximum Gasteiger partial charge on any atom is 0.338 e. The summed E-state index contributed by atoms with van der Waals surface area (Å²) in [6.07, 6.45) is 1.39.